The second-order valence-corrected chi connectivity index (χ2v) is 5.11. The van der Waals surface area contributed by atoms with Gasteiger partial charge in [-0.2, -0.15) is 0 Å². The number of anilines is 1. The maximum Gasteiger partial charge on any atom is 0.311 e. The van der Waals surface area contributed by atoms with Crippen molar-refractivity contribution in [1.82, 2.24) is 4.98 Å². The lowest BCUT2D eigenvalue weighted by molar-refractivity contribution is -0.384. The summed E-state index contributed by atoms with van der Waals surface area (Å²) < 4.78 is 0. The molecule has 0 unspecified atom stereocenters. The zero-order valence-electron chi connectivity index (χ0n) is 10.6. The van der Waals surface area contributed by atoms with Crippen LogP contribution in [0.15, 0.2) is 36.5 Å². The van der Waals surface area contributed by atoms with E-state index in [4.69, 9.17) is 23.2 Å². The first kappa shape index (κ1) is 14.6. The monoisotopic (exact) mass is 311 g/mol. The van der Waals surface area contributed by atoms with Gasteiger partial charge in [0.2, 0.25) is 5.82 Å². The Bertz CT molecular complexity index is 629. The fourth-order valence-corrected chi connectivity index (χ4v) is 2.45. The maximum atomic E-state index is 11.0. The van der Waals surface area contributed by atoms with Crippen molar-refractivity contribution in [1.29, 1.82) is 0 Å². The van der Waals surface area contributed by atoms with Crippen LogP contribution in [0.1, 0.15) is 5.56 Å². The van der Waals surface area contributed by atoms with Crippen LogP contribution in [-0.2, 0) is 6.54 Å². The van der Waals surface area contributed by atoms with Gasteiger partial charge in [-0.15, -0.1) is 0 Å². The number of nitro groups is 1. The molecule has 2 rings (SSSR count). The van der Waals surface area contributed by atoms with Crippen molar-refractivity contribution in [3.05, 3.63) is 62.3 Å². The number of nitrogens with zero attached hydrogens (tertiary/aromatic N) is 3. The molecule has 0 aliphatic carbocycles. The first-order valence-corrected chi connectivity index (χ1v) is 6.48. The van der Waals surface area contributed by atoms with Gasteiger partial charge < -0.3 is 4.90 Å². The van der Waals surface area contributed by atoms with E-state index in [-0.39, 0.29) is 5.69 Å². The molecular formula is C13H11Cl2N3O2. The quantitative estimate of drug-likeness (QED) is 0.634. The lowest BCUT2D eigenvalue weighted by Gasteiger charge is -2.18. The molecule has 1 heterocycles. The molecule has 0 aliphatic rings. The molecule has 104 valence electrons. The van der Waals surface area contributed by atoms with Gasteiger partial charge in [0.1, 0.15) is 0 Å². The maximum absolute atomic E-state index is 11.0. The van der Waals surface area contributed by atoms with Crippen LogP contribution in [-0.4, -0.2) is 17.0 Å². The summed E-state index contributed by atoms with van der Waals surface area (Å²) in [4.78, 5) is 16.3. The number of halogens is 2. The molecule has 0 amide bonds. The van der Waals surface area contributed by atoms with E-state index in [1.807, 2.05) is 0 Å². The molecule has 7 heteroatoms. The lowest BCUT2D eigenvalue weighted by Crippen LogP contribution is -2.19. The Morgan fingerprint density at radius 3 is 2.55 bits per heavy atom. The smallest absolute Gasteiger partial charge is 0.311 e. The molecular weight excluding hydrogens is 301 g/mol. The average Bonchev–Trinajstić information content (AvgIpc) is 2.37. The fourth-order valence-electron chi connectivity index (χ4n) is 1.88. The minimum Gasteiger partial charge on any atom is -0.350 e. The predicted octanol–water partition coefficient (Wildman–Crippen LogP) is 3.93. The van der Waals surface area contributed by atoms with Gasteiger partial charge in [-0.3, -0.25) is 10.1 Å². The lowest BCUT2D eigenvalue weighted by atomic mass is 10.2. The highest BCUT2D eigenvalue weighted by atomic mass is 35.5. The molecule has 1 aromatic heterocycles. The Labute approximate surface area is 125 Å². The largest absolute Gasteiger partial charge is 0.350 e. The van der Waals surface area contributed by atoms with Crippen LogP contribution >= 0.6 is 23.2 Å². The first-order valence-electron chi connectivity index (χ1n) is 5.73. The fraction of sp³-hybridized carbons (Fsp3) is 0.154. The van der Waals surface area contributed by atoms with Crippen LogP contribution in [0.4, 0.5) is 11.5 Å². The van der Waals surface area contributed by atoms with Crippen molar-refractivity contribution in [3.8, 4) is 0 Å². The summed E-state index contributed by atoms with van der Waals surface area (Å²) in [6, 6.07) is 8.11. The average molecular weight is 312 g/mol. The van der Waals surface area contributed by atoms with E-state index in [9.17, 15) is 10.1 Å². The zero-order chi connectivity index (χ0) is 14.7. The number of hydrogen-bond acceptors (Lipinski definition) is 4. The van der Waals surface area contributed by atoms with Gasteiger partial charge in [-0.05, 0) is 29.8 Å². The van der Waals surface area contributed by atoms with Crippen LogP contribution in [0.5, 0.6) is 0 Å². The Morgan fingerprint density at radius 1 is 1.30 bits per heavy atom. The summed E-state index contributed by atoms with van der Waals surface area (Å²) in [5.74, 6) is 0.300. The number of hydrogen-bond donors (Lipinski definition) is 0. The zero-order valence-corrected chi connectivity index (χ0v) is 12.1. The van der Waals surface area contributed by atoms with E-state index in [0.29, 0.717) is 22.4 Å². The number of aromatic nitrogens is 1. The Morgan fingerprint density at radius 2 is 1.95 bits per heavy atom. The minimum absolute atomic E-state index is 0.0388. The molecule has 0 bridgehead atoms. The third kappa shape index (κ3) is 3.37. The third-order valence-electron chi connectivity index (χ3n) is 2.67. The molecule has 0 fully saturated rings. The number of benzene rings is 1. The van der Waals surface area contributed by atoms with E-state index in [0.717, 1.165) is 5.56 Å². The molecule has 0 radical (unpaired) electrons. The predicted molar refractivity (Wildman–Crippen MR) is 79.5 cm³/mol. The van der Waals surface area contributed by atoms with Gasteiger partial charge in [-0.25, -0.2) is 4.98 Å². The summed E-state index contributed by atoms with van der Waals surface area (Å²) in [5, 5.41) is 12.0. The van der Waals surface area contributed by atoms with Crippen LogP contribution in [0.2, 0.25) is 10.0 Å². The summed E-state index contributed by atoms with van der Waals surface area (Å²) >= 11 is 11.9. The molecule has 0 spiro atoms. The van der Waals surface area contributed by atoms with Crippen LogP contribution in [0, 0.1) is 10.1 Å². The molecule has 0 N–H and O–H groups in total. The van der Waals surface area contributed by atoms with E-state index in [1.165, 1.54) is 18.3 Å². The van der Waals surface area contributed by atoms with Crippen molar-refractivity contribution in [3.63, 3.8) is 0 Å². The summed E-state index contributed by atoms with van der Waals surface area (Å²) in [7, 11) is 1.73. The van der Waals surface area contributed by atoms with Crippen LogP contribution < -0.4 is 4.90 Å². The Hall–Kier alpha value is -1.85. The molecule has 0 saturated carbocycles. The molecule has 0 atom stereocenters. The van der Waals surface area contributed by atoms with Gasteiger partial charge >= 0.3 is 5.69 Å². The van der Waals surface area contributed by atoms with Gasteiger partial charge in [0.05, 0.1) is 4.92 Å². The van der Waals surface area contributed by atoms with Crippen molar-refractivity contribution in [2.24, 2.45) is 0 Å². The number of pyridine rings is 1. The van der Waals surface area contributed by atoms with Crippen molar-refractivity contribution < 1.29 is 4.92 Å². The standard InChI is InChI=1S/C13H11Cl2N3O2/c1-17(8-9-5-10(14)7-11(15)6-9)13-12(18(19)20)3-2-4-16-13/h2-7H,8H2,1H3. The van der Waals surface area contributed by atoms with E-state index in [2.05, 4.69) is 4.98 Å². The van der Waals surface area contributed by atoms with Crippen LogP contribution in [0.25, 0.3) is 0 Å². The molecule has 5 nitrogen and oxygen atoms in total. The van der Waals surface area contributed by atoms with E-state index >= 15 is 0 Å². The minimum atomic E-state index is -0.455. The van der Waals surface area contributed by atoms with Crippen molar-refractivity contribution in [2.45, 2.75) is 6.54 Å². The normalized spacial score (nSPS) is 10.3. The molecule has 20 heavy (non-hydrogen) atoms. The number of rotatable bonds is 4. The van der Waals surface area contributed by atoms with Crippen LogP contribution in [0.3, 0.4) is 0 Å². The molecule has 1 aromatic carbocycles. The Kier molecular flexibility index (Phi) is 4.42. The SMILES string of the molecule is CN(Cc1cc(Cl)cc(Cl)c1)c1ncccc1[N+](=O)[O-]. The van der Waals surface area contributed by atoms with Crippen molar-refractivity contribution >= 4 is 34.7 Å². The second-order valence-electron chi connectivity index (χ2n) is 4.24. The first-order chi connectivity index (χ1) is 9.47. The topological polar surface area (TPSA) is 59.3 Å². The van der Waals surface area contributed by atoms with Gasteiger partial charge in [0.15, 0.2) is 0 Å². The second kappa shape index (κ2) is 6.07. The molecule has 0 saturated heterocycles. The molecule has 0 aliphatic heterocycles. The van der Waals surface area contributed by atoms with E-state index in [1.54, 1.807) is 30.1 Å². The van der Waals surface area contributed by atoms with Gasteiger partial charge in [-0.1, -0.05) is 23.2 Å². The van der Waals surface area contributed by atoms with Crippen molar-refractivity contribution in [2.75, 3.05) is 11.9 Å². The highest BCUT2D eigenvalue weighted by Crippen LogP contribution is 2.26. The Balaban J connectivity index is 2.28. The summed E-state index contributed by atoms with van der Waals surface area (Å²) in [6.45, 7) is 0.415. The summed E-state index contributed by atoms with van der Waals surface area (Å²) in [6.07, 6.45) is 1.52. The van der Waals surface area contributed by atoms with Gasteiger partial charge in [0.25, 0.3) is 0 Å². The summed E-state index contributed by atoms with van der Waals surface area (Å²) in [5.41, 5.74) is 0.813. The highest BCUT2D eigenvalue weighted by Gasteiger charge is 2.18. The highest BCUT2D eigenvalue weighted by molar-refractivity contribution is 6.34. The van der Waals surface area contributed by atoms with E-state index < -0.39 is 4.92 Å². The van der Waals surface area contributed by atoms with Gasteiger partial charge in [0, 0.05) is 35.9 Å². The molecule has 2 aromatic rings. The third-order valence-corrected chi connectivity index (χ3v) is 3.10.